The first-order chi connectivity index (χ1) is 4.27. The van der Waals surface area contributed by atoms with E-state index in [4.69, 9.17) is 5.11 Å². The van der Waals surface area contributed by atoms with Crippen LogP contribution in [0.4, 0.5) is 4.39 Å². The van der Waals surface area contributed by atoms with E-state index in [0.717, 1.165) is 0 Å². The highest BCUT2D eigenvalue weighted by Gasteiger charge is 2.42. The van der Waals surface area contributed by atoms with Crippen molar-refractivity contribution < 1.29 is 9.50 Å². The molecule has 0 amide bonds. The highest BCUT2D eigenvalue weighted by atomic mass is 19.1. The maximum Gasteiger partial charge on any atom is 0.123 e. The molecule has 1 rings (SSSR count). The first kappa shape index (κ1) is 6.96. The first-order valence-corrected chi connectivity index (χ1v) is 3.27. The summed E-state index contributed by atoms with van der Waals surface area (Å²) in [5.41, 5.74) is -0.921. The molecule has 9 heavy (non-hydrogen) atoms. The van der Waals surface area contributed by atoms with Crippen molar-refractivity contribution in [3.05, 3.63) is 0 Å². The number of rotatable bonds is 4. The van der Waals surface area contributed by atoms with Crippen LogP contribution in [0.2, 0.25) is 0 Å². The average molecular weight is 133 g/mol. The molecule has 0 bridgehead atoms. The normalized spacial score (nSPS) is 22.0. The molecule has 2 nitrogen and oxygen atoms in total. The highest BCUT2D eigenvalue weighted by Crippen LogP contribution is 2.38. The Morgan fingerprint density at radius 2 is 2.22 bits per heavy atom. The van der Waals surface area contributed by atoms with Crippen LogP contribution in [0.1, 0.15) is 12.8 Å². The molecule has 0 atom stereocenters. The molecule has 0 heterocycles. The van der Waals surface area contributed by atoms with Crippen molar-refractivity contribution in [1.82, 2.24) is 5.32 Å². The lowest BCUT2D eigenvalue weighted by Crippen LogP contribution is -2.27. The van der Waals surface area contributed by atoms with Crippen molar-refractivity contribution >= 4 is 0 Å². The second-order valence-electron chi connectivity index (χ2n) is 2.55. The summed E-state index contributed by atoms with van der Waals surface area (Å²) in [6.07, 6.45) is 1.37. The van der Waals surface area contributed by atoms with E-state index in [1.807, 2.05) is 0 Å². The standard InChI is InChI=1S/C6H12FNO/c7-6(1-2-6)5-8-3-4-9/h8-9H,1-5H2. The van der Waals surface area contributed by atoms with E-state index in [9.17, 15) is 4.39 Å². The van der Waals surface area contributed by atoms with Gasteiger partial charge >= 0.3 is 0 Å². The third-order valence-electron chi connectivity index (χ3n) is 1.52. The molecule has 1 fully saturated rings. The van der Waals surface area contributed by atoms with Crippen molar-refractivity contribution in [3.8, 4) is 0 Å². The Morgan fingerprint density at radius 3 is 2.67 bits per heavy atom. The van der Waals surface area contributed by atoms with Gasteiger partial charge in [0.05, 0.1) is 6.61 Å². The summed E-state index contributed by atoms with van der Waals surface area (Å²) in [6.45, 7) is 1.01. The quantitative estimate of drug-likeness (QED) is 0.532. The van der Waals surface area contributed by atoms with Gasteiger partial charge in [0.2, 0.25) is 0 Å². The third kappa shape index (κ3) is 2.28. The molecule has 0 aromatic rings. The van der Waals surface area contributed by atoms with Crippen molar-refractivity contribution in [1.29, 1.82) is 0 Å². The van der Waals surface area contributed by atoms with Gasteiger partial charge in [-0.15, -0.1) is 0 Å². The van der Waals surface area contributed by atoms with Crippen LogP contribution >= 0.6 is 0 Å². The molecule has 0 aromatic carbocycles. The van der Waals surface area contributed by atoms with Gasteiger partial charge in [0.15, 0.2) is 0 Å². The van der Waals surface area contributed by atoms with Gasteiger partial charge in [-0.25, -0.2) is 4.39 Å². The number of nitrogens with one attached hydrogen (secondary N) is 1. The molecule has 1 saturated carbocycles. The van der Waals surface area contributed by atoms with Gasteiger partial charge < -0.3 is 10.4 Å². The van der Waals surface area contributed by atoms with E-state index in [2.05, 4.69) is 5.32 Å². The van der Waals surface area contributed by atoms with Crippen LogP contribution in [0, 0.1) is 0 Å². The van der Waals surface area contributed by atoms with Gasteiger partial charge in [0, 0.05) is 13.1 Å². The summed E-state index contributed by atoms with van der Waals surface area (Å²) < 4.78 is 12.7. The van der Waals surface area contributed by atoms with E-state index < -0.39 is 5.67 Å². The van der Waals surface area contributed by atoms with E-state index in [0.29, 0.717) is 25.9 Å². The summed E-state index contributed by atoms with van der Waals surface area (Å²) in [4.78, 5) is 0. The number of aliphatic hydroxyl groups is 1. The van der Waals surface area contributed by atoms with Crippen LogP contribution in [0.15, 0.2) is 0 Å². The van der Waals surface area contributed by atoms with Crippen molar-refractivity contribution in [3.63, 3.8) is 0 Å². The maximum atomic E-state index is 12.7. The van der Waals surface area contributed by atoms with Crippen molar-refractivity contribution in [2.75, 3.05) is 19.7 Å². The zero-order valence-electron chi connectivity index (χ0n) is 5.36. The van der Waals surface area contributed by atoms with Gasteiger partial charge in [-0.3, -0.25) is 0 Å². The number of hydrogen-bond donors (Lipinski definition) is 2. The van der Waals surface area contributed by atoms with Crippen molar-refractivity contribution in [2.45, 2.75) is 18.5 Å². The first-order valence-electron chi connectivity index (χ1n) is 3.27. The van der Waals surface area contributed by atoms with Gasteiger partial charge in [-0.2, -0.15) is 0 Å². The predicted molar refractivity (Wildman–Crippen MR) is 33.0 cm³/mol. The van der Waals surface area contributed by atoms with Crippen LogP contribution in [0.5, 0.6) is 0 Å². The molecule has 0 aliphatic heterocycles. The molecule has 0 aromatic heterocycles. The van der Waals surface area contributed by atoms with E-state index >= 15 is 0 Å². The van der Waals surface area contributed by atoms with Gasteiger partial charge in [0.1, 0.15) is 5.67 Å². The molecular weight excluding hydrogens is 121 g/mol. The summed E-state index contributed by atoms with van der Waals surface area (Å²) in [5.74, 6) is 0. The zero-order valence-corrected chi connectivity index (χ0v) is 5.36. The average Bonchev–Trinajstić information content (AvgIpc) is 2.50. The number of hydrogen-bond acceptors (Lipinski definition) is 2. The minimum Gasteiger partial charge on any atom is -0.395 e. The number of halogens is 1. The van der Waals surface area contributed by atoms with Gasteiger partial charge in [-0.05, 0) is 12.8 Å². The van der Waals surface area contributed by atoms with Gasteiger partial charge in [-0.1, -0.05) is 0 Å². The van der Waals surface area contributed by atoms with E-state index in [1.54, 1.807) is 0 Å². The largest absolute Gasteiger partial charge is 0.395 e. The maximum absolute atomic E-state index is 12.7. The number of aliphatic hydroxyl groups excluding tert-OH is 1. The fraction of sp³-hybridized carbons (Fsp3) is 1.00. The van der Waals surface area contributed by atoms with Crippen LogP contribution in [0.25, 0.3) is 0 Å². The molecule has 3 heteroatoms. The molecule has 1 aliphatic carbocycles. The Bertz CT molecular complexity index is 93.1. The fourth-order valence-electron chi connectivity index (χ4n) is 0.704. The second-order valence-corrected chi connectivity index (χ2v) is 2.55. The second kappa shape index (κ2) is 2.62. The highest BCUT2D eigenvalue weighted by molar-refractivity contribution is 4.95. The summed E-state index contributed by atoms with van der Waals surface area (Å²) >= 11 is 0. The lowest BCUT2D eigenvalue weighted by atomic mass is 10.4. The van der Waals surface area contributed by atoms with Gasteiger partial charge in [0.25, 0.3) is 0 Å². The van der Waals surface area contributed by atoms with Crippen LogP contribution < -0.4 is 5.32 Å². The Balaban J connectivity index is 1.92. The summed E-state index contributed by atoms with van der Waals surface area (Å²) in [7, 11) is 0. The lowest BCUT2D eigenvalue weighted by molar-refractivity contribution is 0.262. The van der Waals surface area contributed by atoms with Crippen LogP contribution in [-0.4, -0.2) is 30.5 Å². The zero-order chi connectivity index (χ0) is 6.74. The lowest BCUT2D eigenvalue weighted by Gasteiger charge is -2.03. The Kier molecular flexibility index (Phi) is 2.03. The topological polar surface area (TPSA) is 32.3 Å². The summed E-state index contributed by atoms with van der Waals surface area (Å²) in [6, 6.07) is 0. The minimum absolute atomic E-state index is 0.0933. The Labute approximate surface area is 54.1 Å². The summed E-state index contributed by atoms with van der Waals surface area (Å²) in [5, 5.41) is 11.1. The Morgan fingerprint density at radius 1 is 1.56 bits per heavy atom. The molecule has 0 unspecified atom stereocenters. The minimum atomic E-state index is -0.921. The SMILES string of the molecule is OCCNCC1(F)CC1. The Hall–Kier alpha value is -0.150. The monoisotopic (exact) mass is 133 g/mol. The smallest absolute Gasteiger partial charge is 0.123 e. The predicted octanol–water partition coefficient (Wildman–Crippen LogP) is 0.0704. The van der Waals surface area contributed by atoms with Crippen LogP contribution in [0.3, 0.4) is 0 Å². The molecule has 0 spiro atoms. The molecule has 0 radical (unpaired) electrons. The molecular formula is C6H12FNO. The van der Waals surface area contributed by atoms with E-state index in [-0.39, 0.29) is 6.61 Å². The van der Waals surface area contributed by atoms with Crippen molar-refractivity contribution in [2.24, 2.45) is 0 Å². The third-order valence-corrected chi connectivity index (χ3v) is 1.52. The fourth-order valence-corrected chi connectivity index (χ4v) is 0.704. The van der Waals surface area contributed by atoms with Crippen LogP contribution in [-0.2, 0) is 0 Å². The number of alkyl halides is 1. The molecule has 1 aliphatic rings. The molecule has 54 valence electrons. The molecule has 2 N–H and O–H groups in total. The molecule has 0 saturated heterocycles. The van der Waals surface area contributed by atoms with E-state index in [1.165, 1.54) is 0 Å².